The standard InChI is InChI=1S/C17H40O3SSi2/c1-7-13-18-23(19-14-8-2,20-15-9-3)17-16-21-22(10-4,11-5)12-6/h7-17H2,1-6H3. The van der Waals surface area contributed by atoms with Gasteiger partial charge in [0.2, 0.25) is 0 Å². The highest BCUT2D eigenvalue weighted by molar-refractivity contribution is 8.29. The van der Waals surface area contributed by atoms with E-state index in [2.05, 4.69) is 52.8 Å². The van der Waals surface area contributed by atoms with Gasteiger partial charge in [-0.05, 0) is 25.0 Å². The zero-order chi connectivity index (χ0) is 17.6. The van der Waals surface area contributed by atoms with Gasteiger partial charge in [-0.25, -0.2) is 0 Å². The van der Waals surface area contributed by atoms with Crippen LogP contribution < -0.4 is 0 Å². The highest BCUT2D eigenvalue weighted by Gasteiger charge is 2.41. The molecule has 0 heterocycles. The first-order chi connectivity index (χ1) is 11.1. The van der Waals surface area contributed by atoms with E-state index >= 15 is 0 Å². The number of hydrogen-bond acceptors (Lipinski definition) is 4. The lowest BCUT2D eigenvalue weighted by Crippen LogP contribution is -2.47. The van der Waals surface area contributed by atoms with E-state index < -0.39 is 16.0 Å². The molecule has 0 aliphatic heterocycles. The second kappa shape index (κ2) is 13.9. The first-order valence-electron chi connectivity index (χ1n) is 9.63. The van der Waals surface area contributed by atoms with E-state index in [9.17, 15) is 0 Å². The van der Waals surface area contributed by atoms with E-state index in [0.717, 1.165) is 50.9 Å². The van der Waals surface area contributed by atoms with E-state index in [4.69, 9.17) is 13.3 Å². The van der Waals surface area contributed by atoms with Crippen molar-refractivity contribution >= 4 is 27.2 Å². The molecule has 3 nitrogen and oxygen atoms in total. The van der Waals surface area contributed by atoms with Crippen LogP contribution in [0.3, 0.4) is 0 Å². The SMILES string of the molecule is CCCO[Si](CCS[Si](CC)(CC)CC)(OCCC)OCCC. The largest absolute Gasteiger partial charge is 0.501 e. The van der Waals surface area contributed by atoms with Crippen LogP contribution in [0.2, 0.25) is 24.2 Å². The molecule has 0 aromatic rings. The third-order valence-electron chi connectivity index (χ3n) is 4.33. The van der Waals surface area contributed by atoms with Crippen LogP contribution in [0, 0.1) is 0 Å². The summed E-state index contributed by atoms with van der Waals surface area (Å²) in [7, 11) is -3.63. The molecule has 0 saturated carbocycles. The van der Waals surface area contributed by atoms with Crippen LogP contribution in [0.1, 0.15) is 60.8 Å². The average molecular weight is 381 g/mol. The quantitative estimate of drug-likeness (QED) is 0.309. The summed E-state index contributed by atoms with van der Waals surface area (Å²) < 4.78 is 18.6. The molecule has 0 atom stereocenters. The number of rotatable bonds is 16. The molecule has 0 aromatic heterocycles. The van der Waals surface area contributed by atoms with Crippen molar-refractivity contribution < 1.29 is 13.3 Å². The van der Waals surface area contributed by atoms with Gasteiger partial charge in [0.05, 0.1) is 0 Å². The molecule has 0 unspecified atom stereocenters. The normalized spacial score (nSPS) is 12.8. The fraction of sp³-hybridized carbons (Fsp3) is 1.00. The first-order valence-corrected chi connectivity index (χ1v) is 15.9. The molecule has 23 heavy (non-hydrogen) atoms. The fourth-order valence-corrected chi connectivity index (χ4v) is 12.8. The van der Waals surface area contributed by atoms with Crippen molar-refractivity contribution in [3.8, 4) is 0 Å². The molecule has 0 aromatic carbocycles. The van der Waals surface area contributed by atoms with Crippen LogP contribution in [0.4, 0.5) is 0 Å². The van der Waals surface area contributed by atoms with Crippen molar-refractivity contribution in [2.24, 2.45) is 0 Å². The molecule has 0 aliphatic carbocycles. The summed E-state index contributed by atoms with van der Waals surface area (Å²) in [5, 5.41) is 0. The lowest BCUT2D eigenvalue weighted by molar-refractivity contribution is 0.0607. The van der Waals surface area contributed by atoms with E-state index in [1.807, 2.05) is 0 Å². The summed E-state index contributed by atoms with van der Waals surface area (Å²) in [6.07, 6.45) is 3.05. The molecule has 0 rings (SSSR count). The minimum Gasteiger partial charge on any atom is -0.373 e. The molecular formula is C17H40O3SSi2. The fourth-order valence-electron chi connectivity index (χ4n) is 2.56. The van der Waals surface area contributed by atoms with Crippen LogP contribution in [-0.2, 0) is 13.3 Å². The van der Waals surface area contributed by atoms with Gasteiger partial charge >= 0.3 is 8.80 Å². The van der Waals surface area contributed by atoms with Crippen LogP contribution in [0.25, 0.3) is 0 Å². The average Bonchev–Trinajstić information content (AvgIpc) is 2.60. The summed E-state index contributed by atoms with van der Waals surface area (Å²) in [4.78, 5) is 0. The third-order valence-corrected chi connectivity index (χ3v) is 17.4. The number of hydrogen-bond donors (Lipinski definition) is 0. The molecule has 0 aliphatic rings. The maximum atomic E-state index is 6.20. The van der Waals surface area contributed by atoms with Gasteiger partial charge in [0.25, 0.3) is 0 Å². The Balaban J connectivity index is 4.80. The van der Waals surface area contributed by atoms with E-state index in [0.29, 0.717) is 0 Å². The minimum atomic E-state index is -2.50. The summed E-state index contributed by atoms with van der Waals surface area (Å²) >= 11 is 2.23. The Hall–Kier alpha value is 0.664. The van der Waals surface area contributed by atoms with Gasteiger partial charge in [0.15, 0.2) is 0 Å². The van der Waals surface area contributed by atoms with Crippen LogP contribution in [0.15, 0.2) is 0 Å². The zero-order valence-electron chi connectivity index (χ0n) is 16.4. The van der Waals surface area contributed by atoms with Gasteiger partial charge in [0.1, 0.15) is 7.22 Å². The Morgan fingerprint density at radius 1 is 0.652 bits per heavy atom. The third kappa shape index (κ3) is 9.07. The predicted molar refractivity (Wildman–Crippen MR) is 109 cm³/mol. The van der Waals surface area contributed by atoms with Gasteiger partial charge in [-0.3, -0.25) is 0 Å². The van der Waals surface area contributed by atoms with Crippen molar-refractivity contribution in [1.29, 1.82) is 0 Å². The monoisotopic (exact) mass is 380 g/mol. The van der Waals surface area contributed by atoms with Gasteiger partial charge in [-0.1, -0.05) is 59.7 Å². The van der Waals surface area contributed by atoms with Gasteiger partial charge in [-0.15, -0.1) is 0 Å². The van der Waals surface area contributed by atoms with E-state index in [1.165, 1.54) is 18.1 Å². The highest BCUT2D eigenvalue weighted by Crippen LogP contribution is 2.34. The molecule has 0 bridgehead atoms. The Morgan fingerprint density at radius 2 is 1.04 bits per heavy atom. The van der Waals surface area contributed by atoms with Crippen molar-refractivity contribution in [1.82, 2.24) is 0 Å². The van der Waals surface area contributed by atoms with Crippen molar-refractivity contribution in [3.63, 3.8) is 0 Å². The molecule has 0 radical (unpaired) electrons. The molecule has 0 amide bonds. The minimum absolute atomic E-state index is 0.752. The highest BCUT2D eigenvalue weighted by atomic mass is 32.4. The van der Waals surface area contributed by atoms with Gasteiger partial charge < -0.3 is 13.3 Å². The Morgan fingerprint density at radius 3 is 1.35 bits per heavy atom. The maximum Gasteiger partial charge on any atom is 0.501 e. The van der Waals surface area contributed by atoms with Crippen LogP contribution in [0.5, 0.6) is 0 Å². The Kier molecular flexibility index (Phi) is 14.3. The maximum absolute atomic E-state index is 6.20. The van der Waals surface area contributed by atoms with Crippen molar-refractivity contribution in [2.75, 3.05) is 25.6 Å². The van der Waals surface area contributed by atoms with E-state index in [-0.39, 0.29) is 0 Å². The molecule has 0 fully saturated rings. The van der Waals surface area contributed by atoms with Crippen LogP contribution in [-0.4, -0.2) is 41.6 Å². The second-order valence-electron chi connectivity index (χ2n) is 6.07. The zero-order valence-corrected chi connectivity index (χ0v) is 19.2. The topological polar surface area (TPSA) is 27.7 Å². The summed E-state index contributed by atoms with van der Waals surface area (Å²) in [5.74, 6) is 1.13. The molecule has 6 heteroatoms. The molecule has 140 valence electrons. The summed E-state index contributed by atoms with van der Waals surface area (Å²) in [5.41, 5.74) is 0. The van der Waals surface area contributed by atoms with Crippen molar-refractivity contribution in [3.05, 3.63) is 0 Å². The Bertz CT molecular complexity index is 247. The summed E-state index contributed by atoms with van der Waals surface area (Å²) in [6, 6.07) is 5.05. The van der Waals surface area contributed by atoms with Crippen molar-refractivity contribution in [2.45, 2.75) is 85.0 Å². The smallest absolute Gasteiger partial charge is 0.373 e. The van der Waals surface area contributed by atoms with Gasteiger partial charge in [-0.2, -0.15) is 11.2 Å². The first kappa shape index (κ1) is 23.7. The molecular weight excluding hydrogens is 340 g/mol. The second-order valence-corrected chi connectivity index (χ2v) is 17.5. The van der Waals surface area contributed by atoms with E-state index in [1.54, 1.807) is 0 Å². The van der Waals surface area contributed by atoms with Crippen LogP contribution >= 0.6 is 11.2 Å². The molecule has 0 N–H and O–H groups in total. The molecule has 0 spiro atoms. The Labute approximate surface area is 151 Å². The summed E-state index contributed by atoms with van der Waals surface area (Å²) in [6.45, 7) is 15.8. The lowest BCUT2D eigenvalue weighted by atomic mass is 10.5. The lowest BCUT2D eigenvalue weighted by Gasteiger charge is -2.32. The molecule has 0 saturated heterocycles. The van der Waals surface area contributed by atoms with Gasteiger partial charge in [0, 0.05) is 25.9 Å². The predicted octanol–water partition coefficient (Wildman–Crippen LogP) is 5.94.